The minimum atomic E-state index is -0.0520. The van der Waals surface area contributed by atoms with Gasteiger partial charge in [0.15, 0.2) is 5.78 Å². The van der Waals surface area contributed by atoms with Gasteiger partial charge in [-0.25, -0.2) is 0 Å². The van der Waals surface area contributed by atoms with Gasteiger partial charge in [0, 0.05) is 12.0 Å². The van der Waals surface area contributed by atoms with Crippen LogP contribution in [0.15, 0.2) is 24.3 Å². The van der Waals surface area contributed by atoms with E-state index >= 15 is 0 Å². The van der Waals surface area contributed by atoms with Crippen molar-refractivity contribution in [2.24, 2.45) is 0 Å². The van der Waals surface area contributed by atoms with Gasteiger partial charge in [0.05, 0.1) is 6.42 Å². The van der Waals surface area contributed by atoms with E-state index in [0.717, 1.165) is 12.8 Å². The highest BCUT2D eigenvalue weighted by molar-refractivity contribution is 6.07. The number of unbranched alkanes of at least 4 members (excludes halogenated alkanes) is 4. The molecule has 0 radical (unpaired) electrons. The second-order valence-electron chi connectivity index (χ2n) is 6.08. The molecule has 0 aliphatic rings. The van der Waals surface area contributed by atoms with E-state index in [0.29, 0.717) is 17.9 Å². The zero-order valence-electron chi connectivity index (χ0n) is 13.7. The van der Waals surface area contributed by atoms with Gasteiger partial charge in [0.1, 0.15) is 5.78 Å². The summed E-state index contributed by atoms with van der Waals surface area (Å²) in [5.41, 5.74) is 1.87. The van der Waals surface area contributed by atoms with Gasteiger partial charge in [-0.05, 0) is 17.9 Å². The third-order valence-corrected chi connectivity index (χ3v) is 3.82. The van der Waals surface area contributed by atoms with Crippen LogP contribution in [0.3, 0.4) is 0 Å². The van der Waals surface area contributed by atoms with Crippen molar-refractivity contribution in [1.29, 1.82) is 0 Å². The molecule has 0 heterocycles. The molecule has 0 fully saturated rings. The Morgan fingerprint density at radius 1 is 0.952 bits per heavy atom. The monoisotopic (exact) mass is 288 g/mol. The minimum Gasteiger partial charge on any atom is -0.299 e. The summed E-state index contributed by atoms with van der Waals surface area (Å²) in [6.45, 7) is 6.42. The molecule has 0 atom stereocenters. The van der Waals surface area contributed by atoms with Crippen molar-refractivity contribution in [1.82, 2.24) is 0 Å². The van der Waals surface area contributed by atoms with Crippen molar-refractivity contribution in [3.63, 3.8) is 0 Å². The number of hydrogen-bond donors (Lipinski definition) is 0. The summed E-state index contributed by atoms with van der Waals surface area (Å²) in [6.07, 6.45) is 6.23. The van der Waals surface area contributed by atoms with Crippen molar-refractivity contribution in [3.8, 4) is 0 Å². The first-order valence-electron chi connectivity index (χ1n) is 8.19. The molecule has 0 aliphatic heterocycles. The highest BCUT2D eigenvalue weighted by Crippen LogP contribution is 2.16. The van der Waals surface area contributed by atoms with E-state index in [1.54, 1.807) is 0 Å². The Hall–Kier alpha value is -1.44. The lowest BCUT2D eigenvalue weighted by Gasteiger charge is -2.06. The molecular weight excluding hydrogens is 260 g/mol. The molecule has 0 unspecified atom stereocenters. The molecule has 2 nitrogen and oxygen atoms in total. The quantitative estimate of drug-likeness (QED) is 0.332. The van der Waals surface area contributed by atoms with Crippen LogP contribution in [-0.4, -0.2) is 11.6 Å². The second kappa shape index (κ2) is 9.49. The maximum Gasteiger partial charge on any atom is 0.170 e. The number of carbonyl (C=O) groups excluding carboxylic acids is 2. The summed E-state index contributed by atoms with van der Waals surface area (Å²) < 4.78 is 0. The lowest BCUT2D eigenvalue weighted by atomic mass is 9.98. The van der Waals surface area contributed by atoms with Gasteiger partial charge >= 0.3 is 0 Å². The zero-order chi connectivity index (χ0) is 15.7. The molecule has 21 heavy (non-hydrogen) atoms. The molecule has 0 bridgehead atoms. The molecule has 0 amide bonds. The number of benzene rings is 1. The van der Waals surface area contributed by atoms with Crippen molar-refractivity contribution in [2.45, 2.75) is 71.6 Å². The fraction of sp³-hybridized carbons (Fsp3) is 0.579. The van der Waals surface area contributed by atoms with Gasteiger partial charge in [-0.3, -0.25) is 9.59 Å². The van der Waals surface area contributed by atoms with E-state index in [9.17, 15) is 9.59 Å². The van der Waals surface area contributed by atoms with Crippen LogP contribution in [-0.2, 0) is 4.79 Å². The molecule has 0 saturated heterocycles. The van der Waals surface area contributed by atoms with Crippen LogP contribution in [0, 0.1) is 0 Å². The molecule has 1 rings (SSSR count). The minimum absolute atomic E-state index is 0.0504. The summed E-state index contributed by atoms with van der Waals surface area (Å²) in [5, 5.41) is 0. The molecule has 1 aromatic carbocycles. The van der Waals surface area contributed by atoms with Crippen molar-refractivity contribution < 1.29 is 9.59 Å². The van der Waals surface area contributed by atoms with Crippen LogP contribution in [0.5, 0.6) is 0 Å². The van der Waals surface area contributed by atoms with Crippen LogP contribution in [0.25, 0.3) is 0 Å². The van der Waals surface area contributed by atoms with E-state index < -0.39 is 0 Å². The molecule has 0 spiro atoms. The number of ketones is 2. The normalized spacial score (nSPS) is 10.9. The molecule has 0 saturated carbocycles. The molecule has 116 valence electrons. The Balaban J connectivity index is 2.36. The topological polar surface area (TPSA) is 34.1 Å². The fourth-order valence-corrected chi connectivity index (χ4v) is 2.35. The van der Waals surface area contributed by atoms with E-state index in [-0.39, 0.29) is 18.0 Å². The molecule has 0 N–H and O–H groups in total. The lowest BCUT2D eigenvalue weighted by Crippen LogP contribution is -2.08. The van der Waals surface area contributed by atoms with Crippen molar-refractivity contribution >= 4 is 11.6 Å². The van der Waals surface area contributed by atoms with Crippen molar-refractivity contribution in [3.05, 3.63) is 35.4 Å². The lowest BCUT2D eigenvalue weighted by molar-refractivity contribution is -0.118. The molecule has 0 aromatic heterocycles. The summed E-state index contributed by atoms with van der Waals surface area (Å²) in [7, 11) is 0. The highest BCUT2D eigenvalue weighted by atomic mass is 16.1. The van der Waals surface area contributed by atoms with E-state index in [1.165, 1.54) is 24.8 Å². The second-order valence-corrected chi connectivity index (χ2v) is 6.08. The summed E-state index contributed by atoms with van der Waals surface area (Å²) >= 11 is 0. The van der Waals surface area contributed by atoms with Crippen LogP contribution >= 0.6 is 0 Å². The highest BCUT2D eigenvalue weighted by Gasteiger charge is 2.12. The maximum atomic E-state index is 12.1. The Morgan fingerprint density at radius 2 is 1.57 bits per heavy atom. The van der Waals surface area contributed by atoms with E-state index in [4.69, 9.17) is 0 Å². The first-order chi connectivity index (χ1) is 10.0. The van der Waals surface area contributed by atoms with Crippen molar-refractivity contribution in [2.75, 3.05) is 0 Å². The predicted molar refractivity (Wildman–Crippen MR) is 87.9 cm³/mol. The van der Waals surface area contributed by atoms with E-state index in [2.05, 4.69) is 20.8 Å². The van der Waals surface area contributed by atoms with Gasteiger partial charge in [0.25, 0.3) is 0 Å². The van der Waals surface area contributed by atoms with Gasteiger partial charge < -0.3 is 0 Å². The Labute approximate surface area is 128 Å². The standard InChI is InChI=1S/C19H28O2/c1-4-5-6-7-8-9-18(20)14-19(21)17-12-10-16(11-13-17)15(2)3/h10-13,15H,4-9,14H2,1-3H3. The first kappa shape index (κ1) is 17.6. The van der Waals surface area contributed by atoms with Gasteiger partial charge in [-0.2, -0.15) is 0 Å². The van der Waals surface area contributed by atoms with Gasteiger partial charge in [0.2, 0.25) is 0 Å². The zero-order valence-corrected chi connectivity index (χ0v) is 13.7. The van der Waals surface area contributed by atoms with Crippen LogP contribution < -0.4 is 0 Å². The Morgan fingerprint density at radius 3 is 2.14 bits per heavy atom. The number of carbonyl (C=O) groups is 2. The average molecular weight is 288 g/mol. The number of rotatable bonds is 10. The average Bonchev–Trinajstić information content (AvgIpc) is 2.47. The predicted octanol–water partition coefficient (Wildman–Crippen LogP) is 5.31. The third kappa shape index (κ3) is 6.70. The fourth-order valence-electron chi connectivity index (χ4n) is 2.35. The maximum absolute atomic E-state index is 12.1. The van der Waals surface area contributed by atoms with Gasteiger partial charge in [-0.1, -0.05) is 70.7 Å². The smallest absolute Gasteiger partial charge is 0.170 e. The molecular formula is C19H28O2. The van der Waals surface area contributed by atoms with E-state index in [1.807, 2.05) is 24.3 Å². The Kier molecular flexibility index (Phi) is 7.96. The van der Waals surface area contributed by atoms with Crippen LogP contribution in [0.4, 0.5) is 0 Å². The SMILES string of the molecule is CCCCCCCC(=O)CC(=O)c1ccc(C(C)C)cc1. The van der Waals surface area contributed by atoms with Gasteiger partial charge in [-0.15, -0.1) is 0 Å². The summed E-state index contributed by atoms with van der Waals surface area (Å²) in [5.74, 6) is 0.479. The Bertz CT molecular complexity index is 443. The molecule has 2 heteroatoms. The number of Topliss-reactive ketones (excluding diaryl/α,β-unsaturated/α-hetero) is 2. The molecule has 0 aliphatic carbocycles. The largest absolute Gasteiger partial charge is 0.299 e. The number of hydrogen-bond acceptors (Lipinski definition) is 2. The van der Waals surface area contributed by atoms with Crippen LogP contribution in [0.1, 0.15) is 87.6 Å². The third-order valence-electron chi connectivity index (χ3n) is 3.82. The summed E-state index contributed by atoms with van der Waals surface area (Å²) in [4.78, 5) is 23.9. The van der Waals surface area contributed by atoms with Crippen LogP contribution in [0.2, 0.25) is 0 Å². The first-order valence-corrected chi connectivity index (χ1v) is 8.19. The summed E-state index contributed by atoms with van der Waals surface area (Å²) in [6, 6.07) is 7.64. The molecule has 1 aromatic rings.